The number of hydrogen-bond acceptors (Lipinski definition) is 5. The topological polar surface area (TPSA) is 62.4 Å². The third-order valence-electron chi connectivity index (χ3n) is 4.10. The molecule has 5 nitrogen and oxygen atoms in total. The highest BCUT2D eigenvalue weighted by molar-refractivity contribution is 7.09. The van der Waals surface area contributed by atoms with Crippen LogP contribution in [-0.2, 0) is 11.3 Å². The lowest BCUT2D eigenvalue weighted by Crippen LogP contribution is -2.35. The number of carbonyl (C=O) groups excluding carboxylic acids is 2. The van der Waals surface area contributed by atoms with Crippen molar-refractivity contribution < 1.29 is 14.3 Å². The highest BCUT2D eigenvalue weighted by atomic mass is 32.1. The quantitative estimate of drug-likeness (QED) is 0.651. The van der Waals surface area contributed by atoms with Crippen molar-refractivity contribution >= 4 is 23.1 Å². The number of ketones is 1. The zero-order valence-electron chi connectivity index (χ0n) is 14.1. The van der Waals surface area contributed by atoms with E-state index >= 15 is 0 Å². The van der Waals surface area contributed by atoms with Gasteiger partial charge in [-0.3, -0.25) is 9.69 Å². The summed E-state index contributed by atoms with van der Waals surface area (Å²) in [5.74, 6) is -0.449. The smallest absolute Gasteiger partial charge is 0.339 e. The van der Waals surface area contributed by atoms with E-state index in [9.17, 15) is 9.59 Å². The van der Waals surface area contributed by atoms with E-state index < -0.39 is 5.97 Å². The van der Waals surface area contributed by atoms with Crippen molar-refractivity contribution in [2.75, 3.05) is 14.2 Å². The lowest BCUT2D eigenvalue weighted by atomic mass is 10.0. The van der Waals surface area contributed by atoms with Crippen LogP contribution in [0.3, 0.4) is 0 Å². The van der Waals surface area contributed by atoms with Gasteiger partial charge in [0.1, 0.15) is 0 Å². The maximum atomic E-state index is 12.8. The molecule has 0 aromatic carbocycles. The van der Waals surface area contributed by atoms with Gasteiger partial charge in [0.05, 0.1) is 24.4 Å². The van der Waals surface area contributed by atoms with Crippen molar-refractivity contribution in [2.45, 2.75) is 33.4 Å². The number of thiophene rings is 1. The first kappa shape index (κ1) is 17.4. The lowest BCUT2D eigenvalue weighted by Gasteiger charge is -2.22. The first-order valence-electron chi connectivity index (χ1n) is 7.41. The second-order valence-corrected chi connectivity index (χ2v) is 6.68. The summed E-state index contributed by atoms with van der Waals surface area (Å²) in [6.07, 6.45) is 0. The van der Waals surface area contributed by atoms with E-state index in [0.717, 1.165) is 0 Å². The first-order valence-corrected chi connectivity index (χ1v) is 8.29. The van der Waals surface area contributed by atoms with Gasteiger partial charge in [-0.05, 0) is 44.8 Å². The molecule has 0 spiro atoms. The number of ether oxygens (including phenoxy) is 1. The van der Waals surface area contributed by atoms with Crippen molar-refractivity contribution in [2.24, 2.45) is 0 Å². The van der Waals surface area contributed by atoms with Crippen LogP contribution in [0, 0.1) is 13.8 Å². The summed E-state index contributed by atoms with van der Waals surface area (Å²) in [6, 6.07) is 3.76. The zero-order chi connectivity index (χ0) is 17.1. The van der Waals surface area contributed by atoms with Gasteiger partial charge in [-0.25, -0.2) is 4.79 Å². The Labute approximate surface area is 140 Å². The minimum Gasteiger partial charge on any atom is -0.465 e. The molecular formula is C17H22N2O3S. The molecule has 0 radical (unpaired) electrons. The molecule has 0 bridgehead atoms. The van der Waals surface area contributed by atoms with Crippen LogP contribution in [0.1, 0.15) is 43.9 Å². The van der Waals surface area contributed by atoms with Gasteiger partial charge in [0.15, 0.2) is 5.78 Å². The van der Waals surface area contributed by atoms with Gasteiger partial charge in [-0.2, -0.15) is 0 Å². The normalized spacial score (nSPS) is 12.4. The molecule has 0 unspecified atom stereocenters. The molecule has 0 saturated heterocycles. The number of hydrogen-bond donors (Lipinski definition) is 1. The Balaban J connectivity index is 2.21. The zero-order valence-corrected chi connectivity index (χ0v) is 14.9. The highest BCUT2D eigenvalue weighted by Crippen LogP contribution is 2.22. The summed E-state index contributed by atoms with van der Waals surface area (Å²) in [6.45, 7) is 6.14. The molecule has 23 heavy (non-hydrogen) atoms. The standard InChI is InChI=1S/C17H22N2O3S/c1-10-14(17(21)22-5)11(2)18-15(10)16(20)12(3)19(4)9-13-7-6-8-23-13/h6-8,12,18H,9H2,1-5H3/t12-/m0/s1. The van der Waals surface area contributed by atoms with Gasteiger partial charge in [0, 0.05) is 17.1 Å². The Bertz CT molecular complexity index is 704. The molecule has 0 aliphatic heterocycles. The highest BCUT2D eigenvalue weighted by Gasteiger charge is 2.27. The largest absolute Gasteiger partial charge is 0.465 e. The van der Waals surface area contributed by atoms with Crippen LogP contribution in [0.2, 0.25) is 0 Å². The maximum Gasteiger partial charge on any atom is 0.339 e. The summed E-state index contributed by atoms with van der Waals surface area (Å²) in [5, 5.41) is 2.02. The second-order valence-electron chi connectivity index (χ2n) is 5.65. The lowest BCUT2D eigenvalue weighted by molar-refractivity contribution is 0.0599. The number of nitrogens with zero attached hydrogens (tertiary/aromatic N) is 1. The van der Waals surface area contributed by atoms with Gasteiger partial charge in [0.2, 0.25) is 0 Å². The number of aromatic amines is 1. The van der Waals surface area contributed by atoms with Gasteiger partial charge < -0.3 is 9.72 Å². The molecule has 0 saturated carbocycles. The molecule has 2 aromatic rings. The van der Waals surface area contributed by atoms with Crippen LogP contribution in [-0.4, -0.2) is 41.8 Å². The predicted octanol–water partition coefficient (Wildman–Crippen LogP) is 3.18. The van der Waals surface area contributed by atoms with Crippen LogP contribution in [0.25, 0.3) is 0 Å². The Kier molecular flexibility index (Phi) is 5.38. The van der Waals surface area contributed by atoms with E-state index in [1.807, 2.05) is 30.3 Å². The fraction of sp³-hybridized carbons (Fsp3) is 0.412. The number of methoxy groups -OCH3 is 1. The number of H-pyrrole nitrogens is 1. The average molecular weight is 334 g/mol. The molecule has 2 rings (SSSR count). The second kappa shape index (κ2) is 7.10. The summed E-state index contributed by atoms with van der Waals surface area (Å²) in [7, 11) is 3.27. The third-order valence-corrected chi connectivity index (χ3v) is 4.96. The van der Waals surface area contributed by atoms with Crippen LogP contribution in [0.5, 0.6) is 0 Å². The molecule has 0 aliphatic rings. The maximum absolute atomic E-state index is 12.8. The molecule has 6 heteroatoms. The molecule has 0 fully saturated rings. The Morgan fingerprint density at radius 3 is 2.65 bits per heavy atom. The van der Waals surface area contributed by atoms with Crippen molar-refractivity contribution in [3.63, 3.8) is 0 Å². The Hall–Kier alpha value is -1.92. The molecule has 1 atom stereocenters. The molecule has 0 aliphatic carbocycles. The fourth-order valence-corrected chi connectivity index (χ4v) is 3.37. The summed E-state index contributed by atoms with van der Waals surface area (Å²) in [5.41, 5.74) is 2.24. The number of likely N-dealkylation sites (N-methyl/N-ethyl adjacent to an activating group) is 1. The molecular weight excluding hydrogens is 312 g/mol. The van der Waals surface area contributed by atoms with E-state index in [0.29, 0.717) is 29.1 Å². The van der Waals surface area contributed by atoms with E-state index in [2.05, 4.69) is 11.1 Å². The SMILES string of the molecule is COC(=O)c1c(C)[nH]c(C(=O)[C@H](C)N(C)Cc2cccs2)c1C. The van der Waals surface area contributed by atoms with Crippen molar-refractivity contribution in [3.8, 4) is 0 Å². The number of nitrogens with one attached hydrogen (secondary N) is 1. The number of aromatic nitrogens is 1. The van der Waals surface area contributed by atoms with Gasteiger partial charge >= 0.3 is 5.97 Å². The molecule has 124 valence electrons. The minimum absolute atomic E-state index is 0.0280. The predicted molar refractivity (Wildman–Crippen MR) is 91.2 cm³/mol. The number of rotatable bonds is 6. The molecule has 1 N–H and O–H groups in total. The van der Waals surface area contributed by atoms with Crippen LogP contribution in [0.4, 0.5) is 0 Å². The van der Waals surface area contributed by atoms with Crippen LogP contribution >= 0.6 is 11.3 Å². The summed E-state index contributed by atoms with van der Waals surface area (Å²) in [4.78, 5) is 30.9. The van der Waals surface area contributed by atoms with Crippen LogP contribution in [0.15, 0.2) is 17.5 Å². The molecule has 2 aromatic heterocycles. The number of aryl methyl sites for hydroxylation is 1. The third kappa shape index (κ3) is 3.54. The first-order chi connectivity index (χ1) is 10.9. The van der Waals surface area contributed by atoms with Gasteiger partial charge in [-0.15, -0.1) is 11.3 Å². The van der Waals surface area contributed by atoms with Gasteiger partial charge in [-0.1, -0.05) is 6.07 Å². The molecule has 2 heterocycles. The number of esters is 1. The molecule has 0 amide bonds. The minimum atomic E-state index is -0.421. The van der Waals surface area contributed by atoms with E-state index in [1.165, 1.54) is 12.0 Å². The average Bonchev–Trinajstić information content (AvgIpc) is 3.13. The van der Waals surface area contributed by atoms with Crippen LogP contribution < -0.4 is 0 Å². The van der Waals surface area contributed by atoms with E-state index in [-0.39, 0.29) is 11.8 Å². The van der Waals surface area contributed by atoms with E-state index in [4.69, 9.17) is 4.74 Å². The Morgan fingerprint density at radius 1 is 1.39 bits per heavy atom. The number of carbonyl (C=O) groups is 2. The Morgan fingerprint density at radius 2 is 2.09 bits per heavy atom. The number of Topliss-reactive ketones (excluding diaryl/α,β-unsaturated/α-hetero) is 1. The summed E-state index contributed by atoms with van der Waals surface area (Å²) >= 11 is 1.67. The van der Waals surface area contributed by atoms with Crippen molar-refractivity contribution in [3.05, 3.63) is 44.9 Å². The summed E-state index contributed by atoms with van der Waals surface area (Å²) < 4.78 is 4.79. The fourth-order valence-electron chi connectivity index (χ4n) is 2.60. The van der Waals surface area contributed by atoms with E-state index in [1.54, 1.807) is 25.2 Å². The van der Waals surface area contributed by atoms with Gasteiger partial charge in [0.25, 0.3) is 0 Å². The monoisotopic (exact) mass is 334 g/mol. The van der Waals surface area contributed by atoms with Crippen molar-refractivity contribution in [1.82, 2.24) is 9.88 Å². The van der Waals surface area contributed by atoms with Crippen molar-refractivity contribution in [1.29, 1.82) is 0 Å².